The average Bonchev–Trinajstić information content (AvgIpc) is 3.04. The Balaban J connectivity index is 1.78. The zero-order valence-corrected chi connectivity index (χ0v) is 13.1. The van der Waals surface area contributed by atoms with Gasteiger partial charge in [-0.15, -0.1) is 0 Å². The molecular formula is C16H29N3O. The molecule has 3 fully saturated rings. The fraction of sp³-hybridized carbons (Fsp3) is 0.938. The largest absolute Gasteiger partial charge is 0.321 e. The normalized spacial score (nSPS) is 38.2. The highest BCUT2D eigenvalue weighted by molar-refractivity contribution is 5.84. The summed E-state index contributed by atoms with van der Waals surface area (Å²) in [6.07, 6.45) is 6.00. The van der Waals surface area contributed by atoms with Gasteiger partial charge in [0.15, 0.2) is 0 Å². The second-order valence-electron chi connectivity index (χ2n) is 7.12. The van der Waals surface area contributed by atoms with E-state index >= 15 is 0 Å². The van der Waals surface area contributed by atoms with Crippen LogP contribution in [-0.2, 0) is 4.79 Å². The van der Waals surface area contributed by atoms with Crippen LogP contribution in [0.25, 0.3) is 0 Å². The first kappa shape index (κ1) is 14.3. The number of carbonyl (C=O) groups excluding carboxylic acids is 1. The summed E-state index contributed by atoms with van der Waals surface area (Å²) < 4.78 is 0. The molecule has 20 heavy (non-hydrogen) atoms. The van der Waals surface area contributed by atoms with Crippen LogP contribution >= 0.6 is 0 Å². The van der Waals surface area contributed by atoms with Crippen molar-refractivity contribution in [3.63, 3.8) is 0 Å². The van der Waals surface area contributed by atoms with Gasteiger partial charge in [0, 0.05) is 12.6 Å². The van der Waals surface area contributed by atoms with Gasteiger partial charge in [0.2, 0.25) is 5.91 Å². The highest BCUT2D eigenvalue weighted by atomic mass is 16.2. The summed E-state index contributed by atoms with van der Waals surface area (Å²) in [5.41, 5.74) is 0. The third-order valence-corrected chi connectivity index (χ3v) is 5.31. The highest BCUT2D eigenvalue weighted by Crippen LogP contribution is 2.35. The van der Waals surface area contributed by atoms with E-state index < -0.39 is 0 Å². The van der Waals surface area contributed by atoms with Gasteiger partial charge in [0.05, 0.1) is 18.2 Å². The minimum absolute atomic E-state index is 0.0502. The zero-order chi connectivity index (χ0) is 14.3. The number of hydrogen-bond acceptors (Lipinski definition) is 3. The Morgan fingerprint density at radius 1 is 1.25 bits per heavy atom. The Morgan fingerprint density at radius 2 is 2.05 bits per heavy atom. The van der Waals surface area contributed by atoms with Crippen LogP contribution in [0.4, 0.5) is 0 Å². The number of nitrogens with zero attached hydrogens (tertiary/aromatic N) is 2. The quantitative estimate of drug-likeness (QED) is 0.852. The molecular weight excluding hydrogens is 250 g/mol. The topological polar surface area (TPSA) is 35.6 Å². The Morgan fingerprint density at radius 3 is 2.75 bits per heavy atom. The second kappa shape index (κ2) is 5.64. The van der Waals surface area contributed by atoms with Gasteiger partial charge in [-0.3, -0.25) is 15.0 Å². The maximum atomic E-state index is 12.7. The first-order chi connectivity index (χ1) is 9.61. The first-order valence-corrected chi connectivity index (χ1v) is 8.44. The standard InChI is InChI=1S/C16H29N3O/c1-4-12-16(20)19(15(17-12)10-11(2)3)14-7-9-18-8-5-6-13(14)18/h11-15,17H,4-10H2,1-3H3. The summed E-state index contributed by atoms with van der Waals surface area (Å²) in [5.74, 6) is 0.983. The van der Waals surface area contributed by atoms with E-state index in [2.05, 4.69) is 35.9 Å². The van der Waals surface area contributed by atoms with E-state index in [1.807, 2.05) is 0 Å². The van der Waals surface area contributed by atoms with E-state index in [0.29, 0.717) is 23.9 Å². The fourth-order valence-corrected chi connectivity index (χ4v) is 4.41. The van der Waals surface area contributed by atoms with Crippen LogP contribution < -0.4 is 5.32 Å². The molecule has 1 N–H and O–H groups in total. The molecule has 4 nitrogen and oxygen atoms in total. The minimum Gasteiger partial charge on any atom is -0.321 e. The molecule has 0 aromatic rings. The highest BCUT2D eigenvalue weighted by Gasteiger charge is 2.48. The lowest BCUT2D eigenvalue weighted by Gasteiger charge is -2.34. The molecule has 0 aliphatic carbocycles. The van der Waals surface area contributed by atoms with Crippen LogP contribution in [0, 0.1) is 5.92 Å². The van der Waals surface area contributed by atoms with Crippen molar-refractivity contribution in [1.82, 2.24) is 15.1 Å². The Hall–Kier alpha value is -0.610. The molecule has 0 spiro atoms. The van der Waals surface area contributed by atoms with Crippen molar-refractivity contribution in [1.29, 1.82) is 0 Å². The molecule has 3 saturated heterocycles. The Labute approximate surface area is 122 Å². The lowest BCUT2D eigenvalue weighted by Crippen LogP contribution is -2.49. The van der Waals surface area contributed by atoms with Crippen molar-refractivity contribution in [3.8, 4) is 0 Å². The van der Waals surface area contributed by atoms with Crippen molar-refractivity contribution in [2.24, 2.45) is 5.92 Å². The van der Waals surface area contributed by atoms with E-state index in [4.69, 9.17) is 0 Å². The molecule has 0 radical (unpaired) electrons. The van der Waals surface area contributed by atoms with Gasteiger partial charge in [-0.05, 0) is 44.6 Å². The third-order valence-electron chi connectivity index (χ3n) is 5.31. The molecule has 114 valence electrons. The number of carbonyl (C=O) groups is 1. The predicted molar refractivity (Wildman–Crippen MR) is 80.3 cm³/mol. The molecule has 3 rings (SSSR count). The van der Waals surface area contributed by atoms with Crippen LogP contribution in [0.5, 0.6) is 0 Å². The van der Waals surface area contributed by atoms with Crippen LogP contribution in [0.2, 0.25) is 0 Å². The molecule has 4 unspecified atom stereocenters. The number of nitrogens with one attached hydrogen (secondary N) is 1. The molecule has 1 amide bonds. The lowest BCUT2D eigenvalue weighted by molar-refractivity contribution is -0.133. The van der Waals surface area contributed by atoms with Crippen LogP contribution in [0.3, 0.4) is 0 Å². The number of fused-ring (bicyclic) bond motifs is 1. The summed E-state index contributed by atoms with van der Waals surface area (Å²) in [6, 6.07) is 1.14. The molecule has 4 heteroatoms. The van der Waals surface area contributed by atoms with Crippen molar-refractivity contribution in [3.05, 3.63) is 0 Å². The summed E-state index contributed by atoms with van der Waals surface area (Å²) >= 11 is 0. The van der Waals surface area contributed by atoms with E-state index in [-0.39, 0.29) is 12.2 Å². The third kappa shape index (κ3) is 2.37. The molecule has 3 aliphatic heterocycles. The minimum atomic E-state index is 0.0502. The lowest BCUT2D eigenvalue weighted by atomic mass is 10.0. The van der Waals surface area contributed by atoms with Gasteiger partial charge in [-0.1, -0.05) is 20.8 Å². The van der Waals surface area contributed by atoms with Gasteiger partial charge in [-0.25, -0.2) is 0 Å². The van der Waals surface area contributed by atoms with Crippen molar-refractivity contribution in [2.45, 2.75) is 77.2 Å². The van der Waals surface area contributed by atoms with E-state index in [1.165, 1.54) is 32.4 Å². The molecule has 3 aliphatic rings. The van der Waals surface area contributed by atoms with Crippen LogP contribution in [-0.4, -0.2) is 53.1 Å². The average molecular weight is 279 g/mol. The van der Waals surface area contributed by atoms with Crippen LogP contribution in [0.15, 0.2) is 0 Å². The van der Waals surface area contributed by atoms with Gasteiger partial charge in [0.25, 0.3) is 0 Å². The van der Waals surface area contributed by atoms with Gasteiger partial charge in [0.1, 0.15) is 0 Å². The van der Waals surface area contributed by atoms with E-state index in [0.717, 1.165) is 12.8 Å². The monoisotopic (exact) mass is 279 g/mol. The summed E-state index contributed by atoms with van der Waals surface area (Å²) in [5, 5.41) is 3.59. The molecule has 0 bridgehead atoms. The molecule has 0 saturated carbocycles. The maximum Gasteiger partial charge on any atom is 0.241 e. The van der Waals surface area contributed by atoms with Crippen molar-refractivity contribution in [2.75, 3.05) is 13.1 Å². The zero-order valence-electron chi connectivity index (χ0n) is 13.1. The number of amides is 1. The van der Waals surface area contributed by atoms with Crippen LogP contribution in [0.1, 0.15) is 52.9 Å². The number of hydrogen-bond donors (Lipinski definition) is 1. The van der Waals surface area contributed by atoms with E-state index in [1.54, 1.807) is 0 Å². The Bertz CT molecular complexity index is 371. The molecule has 0 aromatic heterocycles. The van der Waals surface area contributed by atoms with Gasteiger partial charge < -0.3 is 4.90 Å². The molecule has 4 atom stereocenters. The second-order valence-corrected chi connectivity index (χ2v) is 7.12. The first-order valence-electron chi connectivity index (χ1n) is 8.44. The SMILES string of the molecule is CCC1NC(CC(C)C)N(C2CCN3CCCC23)C1=O. The molecule has 3 heterocycles. The van der Waals surface area contributed by atoms with Gasteiger partial charge in [-0.2, -0.15) is 0 Å². The maximum absolute atomic E-state index is 12.7. The smallest absolute Gasteiger partial charge is 0.241 e. The predicted octanol–water partition coefficient (Wildman–Crippen LogP) is 1.81. The van der Waals surface area contributed by atoms with E-state index in [9.17, 15) is 4.79 Å². The summed E-state index contributed by atoms with van der Waals surface area (Å²) in [6.45, 7) is 9.04. The molecule has 0 aromatic carbocycles. The van der Waals surface area contributed by atoms with Crippen molar-refractivity contribution < 1.29 is 4.79 Å². The van der Waals surface area contributed by atoms with Gasteiger partial charge >= 0.3 is 0 Å². The number of rotatable bonds is 4. The fourth-order valence-electron chi connectivity index (χ4n) is 4.41. The van der Waals surface area contributed by atoms with Crippen molar-refractivity contribution >= 4 is 5.91 Å². The Kier molecular flexibility index (Phi) is 4.04. The summed E-state index contributed by atoms with van der Waals surface area (Å²) in [7, 11) is 0. The summed E-state index contributed by atoms with van der Waals surface area (Å²) in [4.78, 5) is 17.6.